The third-order valence-corrected chi connectivity index (χ3v) is 5.18. The fourth-order valence-corrected chi connectivity index (χ4v) is 3.77. The van der Waals surface area contributed by atoms with Crippen LogP contribution in [0.1, 0.15) is 35.8 Å². The van der Waals surface area contributed by atoms with Gasteiger partial charge in [0.25, 0.3) is 5.91 Å². The number of anilines is 1. The van der Waals surface area contributed by atoms with E-state index in [1.165, 1.54) is 20.3 Å². The largest absolute Gasteiger partial charge is 0.493 e. The Hall–Kier alpha value is -3.72. The molecule has 0 spiro atoms. The average molecular weight is 474 g/mol. The Bertz CT molecular complexity index is 1130. The lowest BCUT2D eigenvalue weighted by Crippen LogP contribution is -2.46. The summed E-state index contributed by atoms with van der Waals surface area (Å²) >= 11 is 6.29. The minimum absolute atomic E-state index is 0.190. The summed E-state index contributed by atoms with van der Waals surface area (Å²) in [6, 6.07) is 8.24. The molecule has 0 unspecified atom stereocenters. The van der Waals surface area contributed by atoms with Crippen LogP contribution in [-0.4, -0.2) is 38.7 Å². The van der Waals surface area contributed by atoms with Gasteiger partial charge in [-0.15, -0.1) is 0 Å². The van der Waals surface area contributed by atoms with Crippen LogP contribution in [0.2, 0.25) is 5.02 Å². The monoisotopic (exact) mass is 473 g/mol. The van der Waals surface area contributed by atoms with Gasteiger partial charge in [-0.25, -0.2) is 9.59 Å². The van der Waals surface area contributed by atoms with Crippen molar-refractivity contribution in [2.75, 3.05) is 26.1 Å². The minimum atomic E-state index is -0.904. The van der Waals surface area contributed by atoms with Crippen molar-refractivity contribution in [1.29, 1.82) is 0 Å². The van der Waals surface area contributed by atoms with Gasteiger partial charge in [0.05, 0.1) is 43.7 Å². The first-order valence-electron chi connectivity index (χ1n) is 10.1. The summed E-state index contributed by atoms with van der Waals surface area (Å²) in [5.74, 6) is -0.422. The van der Waals surface area contributed by atoms with E-state index in [-0.39, 0.29) is 16.8 Å². The number of ether oxygens (including phenoxy) is 3. The van der Waals surface area contributed by atoms with Gasteiger partial charge < -0.3 is 30.2 Å². The van der Waals surface area contributed by atoms with E-state index in [4.69, 9.17) is 25.8 Å². The number of nitrogens with one attached hydrogen (secondary N) is 3. The van der Waals surface area contributed by atoms with Crippen molar-refractivity contribution in [3.8, 4) is 11.5 Å². The number of urea groups is 1. The standard InChI is InChI=1S/C23H24ClN3O6/c1-5-33-20-15(10-13(24)11-17(20)31-3)19-18(12(2)25-23(30)27-19)21(28)26-16-9-7-6-8-14(16)22(29)32-4/h6-11,19H,5H2,1-4H3,(H,26,28)(H2,25,27,30)/t19-/m1/s1. The van der Waals surface area contributed by atoms with Crippen molar-refractivity contribution in [3.63, 3.8) is 0 Å². The number of hydrogen-bond donors (Lipinski definition) is 3. The van der Waals surface area contributed by atoms with E-state index >= 15 is 0 Å². The zero-order valence-corrected chi connectivity index (χ0v) is 19.3. The third-order valence-electron chi connectivity index (χ3n) is 4.96. The van der Waals surface area contributed by atoms with Crippen LogP contribution >= 0.6 is 11.6 Å². The van der Waals surface area contributed by atoms with Crippen LogP contribution in [-0.2, 0) is 9.53 Å². The molecule has 1 aliphatic heterocycles. The van der Waals surface area contributed by atoms with Gasteiger partial charge >= 0.3 is 12.0 Å². The van der Waals surface area contributed by atoms with Gasteiger partial charge in [0, 0.05) is 22.3 Å². The first-order valence-corrected chi connectivity index (χ1v) is 10.5. The predicted octanol–water partition coefficient (Wildman–Crippen LogP) is 3.80. The number of esters is 1. The van der Waals surface area contributed by atoms with Gasteiger partial charge in [-0.1, -0.05) is 23.7 Å². The van der Waals surface area contributed by atoms with E-state index in [1.54, 1.807) is 44.2 Å². The summed E-state index contributed by atoms with van der Waals surface area (Å²) < 4.78 is 16.0. The van der Waals surface area contributed by atoms with Gasteiger partial charge in [-0.05, 0) is 32.0 Å². The fraction of sp³-hybridized carbons (Fsp3) is 0.261. The number of carbonyl (C=O) groups is 3. The Morgan fingerprint density at radius 3 is 2.58 bits per heavy atom. The summed E-state index contributed by atoms with van der Waals surface area (Å²) in [5.41, 5.74) is 1.44. The van der Waals surface area contributed by atoms with E-state index in [0.29, 0.717) is 34.4 Å². The molecule has 174 valence electrons. The molecule has 0 bridgehead atoms. The maximum absolute atomic E-state index is 13.4. The van der Waals surface area contributed by atoms with E-state index in [9.17, 15) is 14.4 Å². The van der Waals surface area contributed by atoms with E-state index in [0.717, 1.165) is 0 Å². The van der Waals surface area contributed by atoms with Crippen LogP contribution in [0, 0.1) is 0 Å². The number of allylic oxidation sites excluding steroid dienone is 1. The highest BCUT2D eigenvalue weighted by molar-refractivity contribution is 6.31. The molecule has 3 amide bonds. The van der Waals surface area contributed by atoms with Gasteiger partial charge in [0.2, 0.25) is 0 Å². The van der Waals surface area contributed by atoms with Crippen LogP contribution in [0.3, 0.4) is 0 Å². The number of para-hydroxylation sites is 1. The number of rotatable bonds is 7. The average Bonchev–Trinajstić information content (AvgIpc) is 2.79. The summed E-state index contributed by atoms with van der Waals surface area (Å²) in [5, 5.41) is 8.44. The van der Waals surface area contributed by atoms with Crippen LogP contribution in [0.15, 0.2) is 47.7 Å². The van der Waals surface area contributed by atoms with Crippen LogP contribution in [0.25, 0.3) is 0 Å². The molecule has 0 saturated heterocycles. The SMILES string of the molecule is CCOc1c(OC)cc(Cl)cc1[C@H]1NC(=O)NC(C)=C1C(=O)Nc1ccccc1C(=O)OC. The van der Waals surface area contributed by atoms with Crippen molar-refractivity contribution in [3.05, 3.63) is 63.8 Å². The molecule has 3 N–H and O–H groups in total. The summed E-state index contributed by atoms with van der Waals surface area (Å²) in [6.45, 7) is 3.73. The van der Waals surface area contributed by atoms with Crippen molar-refractivity contribution >= 4 is 35.2 Å². The smallest absolute Gasteiger partial charge is 0.339 e. The van der Waals surface area contributed by atoms with Gasteiger partial charge in [0.15, 0.2) is 11.5 Å². The Balaban J connectivity index is 2.09. The normalized spacial score (nSPS) is 15.3. The summed E-state index contributed by atoms with van der Waals surface area (Å²) in [7, 11) is 2.73. The molecule has 9 nitrogen and oxygen atoms in total. The maximum atomic E-state index is 13.4. The maximum Gasteiger partial charge on any atom is 0.339 e. The quantitative estimate of drug-likeness (QED) is 0.527. The van der Waals surface area contributed by atoms with Gasteiger partial charge in [0.1, 0.15) is 0 Å². The molecule has 2 aromatic rings. The number of amides is 3. The first-order chi connectivity index (χ1) is 15.8. The molecule has 1 heterocycles. The second-order valence-corrected chi connectivity index (χ2v) is 7.46. The highest BCUT2D eigenvalue weighted by Gasteiger charge is 2.34. The molecular formula is C23H24ClN3O6. The van der Waals surface area contributed by atoms with Crippen LogP contribution < -0.4 is 25.4 Å². The van der Waals surface area contributed by atoms with Crippen molar-refractivity contribution < 1.29 is 28.6 Å². The van der Waals surface area contributed by atoms with Crippen molar-refractivity contribution in [2.45, 2.75) is 19.9 Å². The minimum Gasteiger partial charge on any atom is -0.493 e. The zero-order valence-electron chi connectivity index (χ0n) is 18.6. The Labute approximate surface area is 196 Å². The number of methoxy groups -OCH3 is 2. The fourth-order valence-electron chi connectivity index (χ4n) is 3.55. The Morgan fingerprint density at radius 2 is 1.91 bits per heavy atom. The molecule has 3 rings (SSSR count). The topological polar surface area (TPSA) is 115 Å². The molecule has 0 aliphatic carbocycles. The molecule has 0 fully saturated rings. The molecule has 1 aliphatic rings. The Kier molecular flexibility index (Phi) is 7.44. The van der Waals surface area contributed by atoms with E-state index in [1.807, 2.05) is 0 Å². The number of carbonyl (C=O) groups excluding carboxylic acids is 3. The summed E-state index contributed by atoms with van der Waals surface area (Å²) in [4.78, 5) is 37.9. The lowest BCUT2D eigenvalue weighted by atomic mass is 9.93. The lowest BCUT2D eigenvalue weighted by molar-refractivity contribution is -0.113. The second kappa shape index (κ2) is 10.3. The Morgan fingerprint density at radius 1 is 1.18 bits per heavy atom. The third kappa shape index (κ3) is 5.04. The molecule has 0 saturated carbocycles. The molecule has 33 heavy (non-hydrogen) atoms. The van der Waals surface area contributed by atoms with Gasteiger partial charge in [-0.2, -0.15) is 0 Å². The van der Waals surface area contributed by atoms with Crippen molar-refractivity contribution in [2.24, 2.45) is 0 Å². The summed E-state index contributed by atoms with van der Waals surface area (Å²) in [6.07, 6.45) is 0. The highest BCUT2D eigenvalue weighted by Crippen LogP contribution is 2.41. The lowest BCUT2D eigenvalue weighted by Gasteiger charge is -2.30. The highest BCUT2D eigenvalue weighted by atomic mass is 35.5. The second-order valence-electron chi connectivity index (χ2n) is 7.02. The molecule has 0 aromatic heterocycles. The molecule has 10 heteroatoms. The van der Waals surface area contributed by atoms with E-state index in [2.05, 4.69) is 16.0 Å². The van der Waals surface area contributed by atoms with Gasteiger partial charge in [-0.3, -0.25) is 4.79 Å². The van der Waals surface area contributed by atoms with E-state index < -0.39 is 23.9 Å². The first kappa shape index (κ1) is 23.9. The number of benzene rings is 2. The van der Waals surface area contributed by atoms with Crippen LogP contribution in [0.5, 0.6) is 11.5 Å². The molecule has 1 atom stereocenters. The molecule has 0 radical (unpaired) electrons. The number of halogens is 1. The van der Waals surface area contributed by atoms with Crippen molar-refractivity contribution in [1.82, 2.24) is 10.6 Å². The zero-order chi connectivity index (χ0) is 24.1. The number of hydrogen-bond acceptors (Lipinski definition) is 6. The predicted molar refractivity (Wildman–Crippen MR) is 123 cm³/mol. The molecular weight excluding hydrogens is 450 g/mol. The molecule has 2 aromatic carbocycles. The van der Waals surface area contributed by atoms with Crippen LogP contribution in [0.4, 0.5) is 10.5 Å².